The number of hydrogen-bond acceptors (Lipinski definition) is 3. The van der Waals surface area contributed by atoms with E-state index in [0.29, 0.717) is 5.75 Å². The first kappa shape index (κ1) is 22.7. The molecule has 1 aromatic carbocycles. The number of rotatable bonds is 11. The summed E-state index contributed by atoms with van der Waals surface area (Å²) in [5.74, 6) is -1.99. The predicted octanol–water partition coefficient (Wildman–Crippen LogP) is 4.79. The van der Waals surface area contributed by atoms with Crippen LogP contribution in [0.5, 0.6) is 5.75 Å². The molecule has 3 N–H and O–H groups in total. The van der Waals surface area contributed by atoms with Crippen molar-refractivity contribution in [2.45, 2.75) is 64.7 Å². The molecule has 5 nitrogen and oxygen atoms in total. The third-order valence-electron chi connectivity index (χ3n) is 3.71. The van der Waals surface area contributed by atoms with Crippen LogP contribution < -0.4 is 0 Å². The quantitative estimate of drug-likeness (QED) is 0.394. The summed E-state index contributed by atoms with van der Waals surface area (Å²) in [5, 5.41) is 25.7. The molecular formula is C20H30O5. The second-order valence-electron chi connectivity index (χ2n) is 5.98. The number of para-hydroxylation sites is 1. The number of benzene rings is 1. The van der Waals surface area contributed by atoms with Gasteiger partial charge in [-0.1, -0.05) is 70.2 Å². The van der Waals surface area contributed by atoms with E-state index in [4.69, 9.17) is 10.2 Å². The van der Waals surface area contributed by atoms with Crippen LogP contribution in [0.2, 0.25) is 0 Å². The molecule has 0 bridgehead atoms. The fourth-order valence-electron chi connectivity index (χ4n) is 2.25. The van der Waals surface area contributed by atoms with Gasteiger partial charge in [-0.15, -0.1) is 0 Å². The summed E-state index contributed by atoms with van der Waals surface area (Å²) < 4.78 is 0. The Balaban J connectivity index is 0.000000547. The summed E-state index contributed by atoms with van der Waals surface area (Å²) in [4.78, 5) is 19.7. The number of hydrogen-bond donors (Lipinski definition) is 3. The van der Waals surface area contributed by atoms with Crippen LogP contribution in [0.4, 0.5) is 0 Å². The standard InChI is InChI=1S/C15H24O.C5H6O4/c1-2-3-4-5-6-7-8-11-14-12-9-10-13-15(14)16;1-3(5(8)9)2-4(6)7/h9-10,12-13,16H,2-8,11H2,1H3;1-2H2,(H,6,7)(H,8,9). The van der Waals surface area contributed by atoms with Gasteiger partial charge in [-0.3, -0.25) is 4.79 Å². The van der Waals surface area contributed by atoms with E-state index < -0.39 is 18.4 Å². The van der Waals surface area contributed by atoms with Gasteiger partial charge in [0, 0.05) is 5.57 Å². The van der Waals surface area contributed by atoms with E-state index in [-0.39, 0.29) is 5.57 Å². The van der Waals surface area contributed by atoms with Crippen LogP contribution in [0, 0.1) is 0 Å². The molecule has 0 spiro atoms. The minimum absolute atomic E-state index is 0.303. The molecule has 0 atom stereocenters. The molecule has 0 saturated heterocycles. The lowest BCUT2D eigenvalue weighted by Gasteiger charge is -2.04. The highest BCUT2D eigenvalue weighted by Crippen LogP contribution is 2.18. The average molecular weight is 350 g/mol. The third kappa shape index (κ3) is 12.8. The number of phenols is 1. The first-order valence-electron chi connectivity index (χ1n) is 8.78. The monoisotopic (exact) mass is 350 g/mol. The van der Waals surface area contributed by atoms with E-state index in [1.807, 2.05) is 18.2 Å². The zero-order valence-corrected chi connectivity index (χ0v) is 15.0. The van der Waals surface area contributed by atoms with E-state index in [2.05, 4.69) is 13.5 Å². The van der Waals surface area contributed by atoms with Crippen molar-refractivity contribution in [3.8, 4) is 5.75 Å². The van der Waals surface area contributed by atoms with E-state index in [9.17, 15) is 14.7 Å². The van der Waals surface area contributed by atoms with Crippen LogP contribution in [0.25, 0.3) is 0 Å². The van der Waals surface area contributed by atoms with Crippen LogP contribution in [0.1, 0.15) is 63.9 Å². The average Bonchev–Trinajstić information content (AvgIpc) is 2.55. The summed E-state index contributed by atoms with van der Waals surface area (Å²) in [6, 6.07) is 7.67. The van der Waals surface area contributed by atoms with E-state index >= 15 is 0 Å². The van der Waals surface area contributed by atoms with Crippen LogP contribution in [0.15, 0.2) is 36.4 Å². The Morgan fingerprint density at radius 3 is 2.00 bits per heavy atom. The second kappa shape index (κ2) is 14.1. The molecule has 0 fully saturated rings. The van der Waals surface area contributed by atoms with Gasteiger partial charge < -0.3 is 15.3 Å². The Morgan fingerprint density at radius 2 is 1.52 bits per heavy atom. The smallest absolute Gasteiger partial charge is 0.331 e. The molecule has 25 heavy (non-hydrogen) atoms. The maximum atomic E-state index is 9.87. The Morgan fingerprint density at radius 1 is 0.960 bits per heavy atom. The highest BCUT2D eigenvalue weighted by Gasteiger charge is 2.07. The van der Waals surface area contributed by atoms with Crippen molar-refractivity contribution in [1.82, 2.24) is 0 Å². The fraction of sp³-hybridized carbons (Fsp3) is 0.500. The van der Waals surface area contributed by atoms with E-state index in [1.165, 1.54) is 44.9 Å². The molecule has 1 rings (SSSR count). The molecule has 0 radical (unpaired) electrons. The van der Waals surface area contributed by atoms with Gasteiger partial charge >= 0.3 is 11.9 Å². The normalized spacial score (nSPS) is 9.80. The number of carbonyl (C=O) groups is 2. The molecule has 0 aliphatic carbocycles. The van der Waals surface area contributed by atoms with Gasteiger partial charge in [-0.25, -0.2) is 4.79 Å². The van der Waals surface area contributed by atoms with Crippen molar-refractivity contribution in [1.29, 1.82) is 0 Å². The van der Waals surface area contributed by atoms with Crippen LogP contribution in [0.3, 0.4) is 0 Å². The molecule has 0 aliphatic heterocycles. The maximum Gasteiger partial charge on any atom is 0.331 e. The number of phenolic OH excluding ortho intramolecular Hbond substituents is 1. The summed E-state index contributed by atoms with van der Waals surface area (Å²) in [7, 11) is 0. The zero-order valence-electron chi connectivity index (χ0n) is 15.0. The first-order chi connectivity index (χ1) is 11.9. The molecule has 5 heteroatoms. The molecule has 0 aliphatic rings. The molecule has 1 aromatic rings. The summed E-state index contributed by atoms with van der Waals surface area (Å²) in [5.41, 5.74) is 0.790. The Bertz CT molecular complexity index is 537. The summed E-state index contributed by atoms with van der Waals surface area (Å²) in [6.07, 6.45) is 9.78. The van der Waals surface area contributed by atoms with Crippen molar-refractivity contribution in [3.63, 3.8) is 0 Å². The molecule has 0 saturated carbocycles. The van der Waals surface area contributed by atoms with Gasteiger partial charge in [-0.05, 0) is 24.5 Å². The van der Waals surface area contributed by atoms with Gasteiger partial charge in [0.05, 0.1) is 6.42 Å². The lowest BCUT2D eigenvalue weighted by molar-refractivity contribution is -0.139. The van der Waals surface area contributed by atoms with E-state index in [1.54, 1.807) is 6.07 Å². The Labute approximate surface area is 150 Å². The highest BCUT2D eigenvalue weighted by atomic mass is 16.4. The van der Waals surface area contributed by atoms with Crippen molar-refractivity contribution < 1.29 is 24.9 Å². The van der Waals surface area contributed by atoms with Crippen LogP contribution in [-0.2, 0) is 16.0 Å². The molecule has 140 valence electrons. The van der Waals surface area contributed by atoms with Gasteiger partial charge in [0.1, 0.15) is 5.75 Å². The number of aryl methyl sites for hydroxylation is 1. The van der Waals surface area contributed by atoms with Crippen molar-refractivity contribution in [2.24, 2.45) is 0 Å². The van der Waals surface area contributed by atoms with Gasteiger partial charge in [0.15, 0.2) is 0 Å². The SMILES string of the molecule is C=C(CC(=O)O)C(=O)O.CCCCCCCCCc1ccccc1O. The van der Waals surface area contributed by atoms with Gasteiger partial charge in [0.25, 0.3) is 0 Å². The summed E-state index contributed by atoms with van der Waals surface area (Å²) in [6.45, 7) is 5.26. The van der Waals surface area contributed by atoms with Crippen molar-refractivity contribution in [3.05, 3.63) is 42.0 Å². The first-order valence-corrected chi connectivity index (χ1v) is 8.78. The molecule has 0 heterocycles. The van der Waals surface area contributed by atoms with Crippen LogP contribution >= 0.6 is 0 Å². The zero-order chi connectivity index (χ0) is 19.1. The second-order valence-corrected chi connectivity index (χ2v) is 5.98. The van der Waals surface area contributed by atoms with Crippen molar-refractivity contribution >= 4 is 11.9 Å². The van der Waals surface area contributed by atoms with E-state index in [0.717, 1.165) is 12.0 Å². The van der Waals surface area contributed by atoms with Gasteiger partial charge in [-0.2, -0.15) is 0 Å². The Hall–Kier alpha value is -2.30. The third-order valence-corrected chi connectivity index (χ3v) is 3.71. The minimum Gasteiger partial charge on any atom is -0.508 e. The topological polar surface area (TPSA) is 94.8 Å². The minimum atomic E-state index is -1.27. The summed E-state index contributed by atoms with van der Waals surface area (Å²) >= 11 is 0. The van der Waals surface area contributed by atoms with Crippen molar-refractivity contribution in [2.75, 3.05) is 0 Å². The number of unbranched alkanes of at least 4 members (excludes halogenated alkanes) is 6. The predicted molar refractivity (Wildman–Crippen MR) is 98.8 cm³/mol. The molecule has 0 aromatic heterocycles. The highest BCUT2D eigenvalue weighted by molar-refractivity contribution is 5.91. The number of aromatic hydroxyl groups is 1. The number of carboxylic acids is 2. The lowest BCUT2D eigenvalue weighted by atomic mass is 10.0. The maximum absolute atomic E-state index is 9.87. The number of aliphatic carboxylic acids is 2. The van der Waals surface area contributed by atoms with Gasteiger partial charge in [0.2, 0.25) is 0 Å². The largest absolute Gasteiger partial charge is 0.508 e. The van der Waals surface area contributed by atoms with Crippen LogP contribution in [-0.4, -0.2) is 27.3 Å². The number of carboxylic acid groups (broad SMARTS) is 2. The Kier molecular flexibility index (Phi) is 12.8. The molecule has 0 unspecified atom stereocenters. The lowest BCUT2D eigenvalue weighted by Crippen LogP contribution is -2.04. The fourth-order valence-corrected chi connectivity index (χ4v) is 2.25. The molecule has 0 amide bonds. The molecular weight excluding hydrogens is 320 g/mol.